The highest BCUT2D eigenvalue weighted by Gasteiger charge is 2.25. The Bertz CT molecular complexity index is 1080. The van der Waals surface area contributed by atoms with E-state index in [2.05, 4.69) is 9.67 Å². The molecule has 4 rings (SSSR count). The van der Waals surface area contributed by atoms with E-state index in [0.29, 0.717) is 25.3 Å². The van der Waals surface area contributed by atoms with Gasteiger partial charge in [-0.05, 0) is 45.9 Å². The first-order valence-electron chi connectivity index (χ1n) is 10.2. The number of hydrogen-bond donors (Lipinski definition) is 0. The van der Waals surface area contributed by atoms with Gasteiger partial charge in [0.25, 0.3) is 5.91 Å². The van der Waals surface area contributed by atoms with Crippen LogP contribution in [0.1, 0.15) is 41.2 Å². The Morgan fingerprint density at radius 3 is 2.57 bits per heavy atom. The predicted octanol–water partition coefficient (Wildman–Crippen LogP) is 3.65. The molecule has 0 saturated carbocycles. The summed E-state index contributed by atoms with van der Waals surface area (Å²) in [5, 5.41) is 4.22. The van der Waals surface area contributed by atoms with Crippen LogP contribution in [-0.2, 0) is 13.6 Å². The number of aromatic nitrogens is 3. The molecule has 0 fully saturated rings. The minimum absolute atomic E-state index is 0.0192. The highest BCUT2D eigenvalue weighted by molar-refractivity contribution is 5.96. The van der Waals surface area contributed by atoms with Crippen molar-refractivity contribution in [2.45, 2.75) is 40.3 Å². The van der Waals surface area contributed by atoms with Gasteiger partial charge in [-0.1, -0.05) is 0 Å². The van der Waals surface area contributed by atoms with Crippen molar-refractivity contribution in [3.8, 4) is 17.2 Å². The number of carbonyl (C=O) groups is 1. The SMILES string of the molecule is Cc1cc(C(=O)N(Cc2cnn(C)c2)C(C)C)c(C)n1-c1ccc2c(c1)OCCO2. The minimum atomic E-state index is 0.0192. The maximum atomic E-state index is 13.5. The van der Waals surface area contributed by atoms with Crippen molar-refractivity contribution >= 4 is 5.91 Å². The zero-order chi connectivity index (χ0) is 21.4. The van der Waals surface area contributed by atoms with E-state index in [4.69, 9.17) is 9.47 Å². The summed E-state index contributed by atoms with van der Waals surface area (Å²) < 4.78 is 15.2. The van der Waals surface area contributed by atoms with Gasteiger partial charge < -0.3 is 18.9 Å². The average molecular weight is 409 g/mol. The normalized spacial score (nSPS) is 13.0. The number of hydrogen-bond acceptors (Lipinski definition) is 4. The maximum Gasteiger partial charge on any atom is 0.256 e. The molecule has 2 aromatic heterocycles. The Kier molecular flexibility index (Phi) is 5.28. The molecule has 30 heavy (non-hydrogen) atoms. The van der Waals surface area contributed by atoms with Gasteiger partial charge in [-0.2, -0.15) is 5.10 Å². The zero-order valence-electron chi connectivity index (χ0n) is 18.2. The van der Waals surface area contributed by atoms with Crippen molar-refractivity contribution in [3.63, 3.8) is 0 Å². The van der Waals surface area contributed by atoms with Gasteiger partial charge in [0.15, 0.2) is 11.5 Å². The van der Waals surface area contributed by atoms with Crippen LogP contribution in [0.5, 0.6) is 11.5 Å². The van der Waals surface area contributed by atoms with Crippen molar-refractivity contribution in [2.75, 3.05) is 13.2 Å². The molecular weight excluding hydrogens is 380 g/mol. The van der Waals surface area contributed by atoms with E-state index in [0.717, 1.165) is 34.1 Å². The summed E-state index contributed by atoms with van der Waals surface area (Å²) in [6, 6.07) is 7.92. The Morgan fingerprint density at radius 2 is 1.90 bits per heavy atom. The van der Waals surface area contributed by atoms with Gasteiger partial charge in [-0.25, -0.2) is 0 Å². The highest BCUT2D eigenvalue weighted by atomic mass is 16.6. The molecule has 0 atom stereocenters. The smallest absolute Gasteiger partial charge is 0.256 e. The maximum absolute atomic E-state index is 13.5. The lowest BCUT2D eigenvalue weighted by molar-refractivity contribution is 0.0689. The molecule has 158 valence electrons. The molecule has 3 heterocycles. The van der Waals surface area contributed by atoms with Crippen LogP contribution < -0.4 is 9.47 Å². The summed E-state index contributed by atoms with van der Waals surface area (Å²) in [5.74, 6) is 1.51. The van der Waals surface area contributed by atoms with E-state index in [9.17, 15) is 4.79 Å². The largest absolute Gasteiger partial charge is 0.486 e. The van der Waals surface area contributed by atoms with Crippen LogP contribution in [0.3, 0.4) is 0 Å². The van der Waals surface area contributed by atoms with Gasteiger partial charge in [0, 0.05) is 54.5 Å². The molecule has 0 saturated heterocycles. The molecule has 1 aliphatic heterocycles. The second kappa shape index (κ2) is 7.89. The van der Waals surface area contributed by atoms with Crippen LogP contribution >= 0.6 is 0 Å². The van der Waals surface area contributed by atoms with Crippen molar-refractivity contribution in [3.05, 3.63) is 59.2 Å². The summed E-state index contributed by atoms with van der Waals surface area (Å²) >= 11 is 0. The second-order valence-corrected chi connectivity index (χ2v) is 8.00. The first kappa shape index (κ1) is 20.1. The van der Waals surface area contributed by atoms with Crippen molar-refractivity contribution in [2.24, 2.45) is 7.05 Å². The fourth-order valence-electron chi connectivity index (χ4n) is 3.94. The third kappa shape index (κ3) is 3.67. The molecule has 0 aliphatic carbocycles. The van der Waals surface area contributed by atoms with Gasteiger partial charge in [0.2, 0.25) is 0 Å². The quantitative estimate of drug-likeness (QED) is 0.647. The van der Waals surface area contributed by atoms with Gasteiger partial charge in [0.05, 0.1) is 11.8 Å². The van der Waals surface area contributed by atoms with Crippen LogP contribution in [0.25, 0.3) is 5.69 Å². The van der Waals surface area contributed by atoms with E-state index in [1.807, 2.05) is 70.1 Å². The fraction of sp³-hybridized carbons (Fsp3) is 0.391. The topological polar surface area (TPSA) is 61.5 Å². The van der Waals surface area contributed by atoms with Crippen molar-refractivity contribution in [1.82, 2.24) is 19.2 Å². The van der Waals surface area contributed by atoms with Crippen molar-refractivity contribution < 1.29 is 14.3 Å². The summed E-state index contributed by atoms with van der Waals surface area (Å²) in [7, 11) is 1.88. The lowest BCUT2D eigenvalue weighted by atomic mass is 10.1. The van der Waals surface area contributed by atoms with Gasteiger partial charge in [-0.3, -0.25) is 9.48 Å². The number of aryl methyl sites for hydroxylation is 2. The predicted molar refractivity (Wildman–Crippen MR) is 114 cm³/mol. The molecule has 3 aromatic rings. The van der Waals surface area contributed by atoms with E-state index in [1.165, 1.54) is 0 Å². The highest BCUT2D eigenvalue weighted by Crippen LogP contribution is 2.33. The lowest BCUT2D eigenvalue weighted by Gasteiger charge is -2.26. The molecule has 0 radical (unpaired) electrons. The number of fused-ring (bicyclic) bond motifs is 1. The molecule has 1 aromatic carbocycles. The summed E-state index contributed by atoms with van der Waals surface area (Å²) in [4.78, 5) is 15.4. The molecule has 0 N–H and O–H groups in total. The van der Waals surface area contributed by atoms with E-state index in [-0.39, 0.29) is 11.9 Å². The minimum Gasteiger partial charge on any atom is -0.486 e. The van der Waals surface area contributed by atoms with E-state index >= 15 is 0 Å². The van der Waals surface area contributed by atoms with Crippen LogP contribution in [0.15, 0.2) is 36.7 Å². The number of nitrogens with zero attached hydrogens (tertiary/aromatic N) is 4. The summed E-state index contributed by atoms with van der Waals surface area (Å²) in [5.41, 5.74) is 4.58. The average Bonchev–Trinajstić information content (AvgIpc) is 3.27. The molecule has 7 nitrogen and oxygen atoms in total. The van der Waals surface area contributed by atoms with Crippen molar-refractivity contribution in [1.29, 1.82) is 0 Å². The molecule has 7 heteroatoms. The van der Waals surface area contributed by atoms with Crippen LogP contribution in [0.2, 0.25) is 0 Å². The van der Waals surface area contributed by atoms with E-state index in [1.54, 1.807) is 10.9 Å². The number of ether oxygens (including phenoxy) is 2. The molecule has 0 spiro atoms. The number of rotatable bonds is 5. The summed E-state index contributed by atoms with van der Waals surface area (Å²) in [6.07, 6.45) is 3.75. The lowest BCUT2D eigenvalue weighted by Crippen LogP contribution is -2.36. The molecule has 1 amide bonds. The number of amides is 1. The zero-order valence-corrected chi connectivity index (χ0v) is 18.2. The summed E-state index contributed by atoms with van der Waals surface area (Å²) in [6.45, 7) is 9.71. The van der Waals surface area contributed by atoms with Crippen LogP contribution in [-0.4, -0.2) is 44.4 Å². The standard InChI is InChI=1S/C23H28N4O3/c1-15(2)26(14-18-12-24-25(5)13-18)23(28)20-10-16(3)27(17(20)4)19-6-7-21-22(11-19)30-9-8-29-21/h6-7,10-13,15H,8-9,14H2,1-5H3. The van der Waals surface area contributed by atoms with Gasteiger partial charge in [-0.15, -0.1) is 0 Å². The molecule has 0 bridgehead atoms. The van der Waals surface area contributed by atoms with E-state index < -0.39 is 0 Å². The third-order valence-electron chi connectivity index (χ3n) is 5.44. The van der Waals surface area contributed by atoms with Gasteiger partial charge in [0.1, 0.15) is 13.2 Å². The molecular formula is C23H28N4O3. The molecule has 0 unspecified atom stereocenters. The first-order valence-corrected chi connectivity index (χ1v) is 10.2. The number of carbonyl (C=O) groups excluding carboxylic acids is 1. The monoisotopic (exact) mass is 408 g/mol. The first-order chi connectivity index (χ1) is 14.3. The molecule has 1 aliphatic rings. The Labute approximate surface area is 176 Å². The van der Waals surface area contributed by atoms with Crippen LogP contribution in [0.4, 0.5) is 0 Å². The fourth-order valence-corrected chi connectivity index (χ4v) is 3.94. The second-order valence-electron chi connectivity index (χ2n) is 8.00. The number of benzene rings is 1. The van der Waals surface area contributed by atoms with Crippen LogP contribution in [0, 0.1) is 13.8 Å². The third-order valence-corrected chi connectivity index (χ3v) is 5.44. The Balaban J connectivity index is 1.67. The Hall–Kier alpha value is -3.22. The van der Waals surface area contributed by atoms with Gasteiger partial charge >= 0.3 is 0 Å². The Morgan fingerprint density at radius 1 is 1.17 bits per heavy atom.